The van der Waals surface area contributed by atoms with Gasteiger partial charge < -0.3 is 17.2 Å². The predicted molar refractivity (Wildman–Crippen MR) is 53.8 cm³/mol. The minimum atomic E-state index is 0.537. The summed E-state index contributed by atoms with van der Waals surface area (Å²) in [5, 5.41) is 0.537. The monoisotopic (exact) mass is 183 g/mol. The van der Waals surface area contributed by atoms with Crippen LogP contribution in [0.1, 0.15) is 19.3 Å². The highest BCUT2D eigenvalue weighted by molar-refractivity contribution is 6.21. The van der Waals surface area contributed by atoms with Crippen molar-refractivity contribution in [3.05, 3.63) is 0 Å². The lowest BCUT2D eigenvalue weighted by atomic mass is 10.0. The molecule has 4 heteroatoms. The molecule has 0 unspecified atom stereocenters. The van der Waals surface area contributed by atoms with E-state index in [1.165, 1.54) is 40.4 Å². The van der Waals surface area contributed by atoms with Gasteiger partial charge in [-0.05, 0) is 34.0 Å². The largest absolute Gasteiger partial charge is 0.333 e. The molecule has 0 saturated heterocycles. The molecule has 6 N–H and O–H groups in total. The lowest BCUT2D eigenvalue weighted by Crippen LogP contribution is -2.08. The molecule has 1 rings (SSSR count). The van der Waals surface area contributed by atoms with E-state index in [0.29, 0.717) is 5.38 Å². The fourth-order valence-electron chi connectivity index (χ4n) is 0.358. The Morgan fingerprint density at radius 1 is 0.909 bits per heavy atom. The summed E-state index contributed by atoms with van der Waals surface area (Å²) in [5.41, 5.74) is 13.5. The molecular weight excluding hydrogens is 162 g/mol. The highest BCUT2D eigenvalue weighted by atomic mass is 35.5. The van der Waals surface area contributed by atoms with Crippen LogP contribution < -0.4 is 17.2 Å². The summed E-state index contributed by atoms with van der Waals surface area (Å²) < 4.78 is 0. The normalized spacial score (nSPS) is 13.4. The van der Waals surface area contributed by atoms with Crippen LogP contribution in [0, 0.1) is 0 Å². The van der Waals surface area contributed by atoms with Crippen molar-refractivity contribution in [2.45, 2.75) is 24.6 Å². The van der Waals surface area contributed by atoms with E-state index in [4.69, 9.17) is 11.6 Å². The maximum Gasteiger partial charge on any atom is 0.0336 e. The highest BCUT2D eigenvalue weighted by Crippen LogP contribution is 2.23. The molecular formula is C7H22ClN3. The van der Waals surface area contributed by atoms with Gasteiger partial charge in [-0.2, -0.15) is 0 Å². The Labute approximate surface area is 75.3 Å². The first-order chi connectivity index (χ1) is 5.39. The Morgan fingerprint density at radius 2 is 1.09 bits per heavy atom. The average molecular weight is 184 g/mol. The van der Waals surface area contributed by atoms with E-state index >= 15 is 0 Å². The molecule has 1 fully saturated rings. The van der Waals surface area contributed by atoms with Crippen LogP contribution in [0.15, 0.2) is 0 Å². The zero-order valence-corrected chi connectivity index (χ0v) is 8.56. The number of hydrogen-bond donors (Lipinski definition) is 3. The van der Waals surface area contributed by atoms with E-state index in [0.717, 1.165) is 0 Å². The summed E-state index contributed by atoms with van der Waals surface area (Å²) in [4.78, 5) is 0. The molecule has 0 aromatic carbocycles. The summed E-state index contributed by atoms with van der Waals surface area (Å²) in [5.74, 6) is 0. The van der Waals surface area contributed by atoms with Crippen LogP contribution in [0.3, 0.4) is 0 Å². The van der Waals surface area contributed by atoms with Crippen LogP contribution in [0.4, 0.5) is 0 Å². The van der Waals surface area contributed by atoms with Crippen molar-refractivity contribution in [3.8, 4) is 0 Å². The first kappa shape index (κ1) is 17.3. The molecule has 72 valence electrons. The van der Waals surface area contributed by atoms with Gasteiger partial charge in [0, 0.05) is 5.38 Å². The fourth-order valence-corrected chi connectivity index (χ4v) is 0.667. The van der Waals surface area contributed by atoms with Crippen molar-refractivity contribution in [2.24, 2.45) is 17.2 Å². The predicted octanol–water partition coefficient (Wildman–Crippen LogP) is 0.502. The number of alkyl halides is 1. The second-order valence-electron chi connectivity index (χ2n) is 1.53. The van der Waals surface area contributed by atoms with E-state index < -0.39 is 0 Å². The Kier molecular flexibility index (Phi) is 35.3. The first-order valence-corrected chi connectivity index (χ1v) is 4.20. The maximum atomic E-state index is 5.55. The zero-order valence-electron chi connectivity index (χ0n) is 7.81. The van der Waals surface area contributed by atoms with Crippen LogP contribution in [0.5, 0.6) is 0 Å². The number of hydrogen-bond acceptors (Lipinski definition) is 3. The number of rotatable bonds is 0. The van der Waals surface area contributed by atoms with Gasteiger partial charge >= 0.3 is 0 Å². The van der Waals surface area contributed by atoms with Crippen molar-refractivity contribution in [3.63, 3.8) is 0 Å². The van der Waals surface area contributed by atoms with Gasteiger partial charge in [-0.25, -0.2) is 0 Å². The van der Waals surface area contributed by atoms with Gasteiger partial charge in [-0.3, -0.25) is 0 Å². The molecule has 0 bridgehead atoms. The Bertz CT molecular complexity index is 40.7. The van der Waals surface area contributed by atoms with E-state index in [-0.39, 0.29) is 0 Å². The summed E-state index contributed by atoms with van der Waals surface area (Å²) in [7, 11) is 4.50. The van der Waals surface area contributed by atoms with E-state index in [9.17, 15) is 0 Å². The van der Waals surface area contributed by atoms with Gasteiger partial charge in [-0.15, -0.1) is 11.6 Å². The van der Waals surface area contributed by atoms with E-state index in [2.05, 4.69) is 17.2 Å². The summed E-state index contributed by atoms with van der Waals surface area (Å²) in [6.07, 6.45) is 3.86. The van der Waals surface area contributed by atoms with Crippen molar-refractivity contribution < 1.29 is 0 Å². The summed E-state index contributed by atoms with van der Waals surface area (Å²) in [6.45, 7) is 0. The van der Waals surface area contributed by atoms with Gasteiger partial charge in [0.1, 0.15) is 0 Å². The van der Waals surface area contributed by atoms with Gasteiger partial charge in [0.25, 0.3) is 0 Å². The Balaban J connectivity index is -0.0000000933. The molecule has 0 aliphatic heterocycles. The minimum absolute atomic E-state index is 0.537. The third-order valence-electron chi connectivity index (χ3n) is 1.03. The average Bonchev–Trinajstić information content (AvgIpc) is 2.12. The van der Waals surface area contributed by atoms with Gasteiger partial charge in [-0.1, -0.05) is 6.42 Å². The van der Waals surface area contributed by atoms with Crippen LogP contribution >= 0.6 is 11.6 Å². The molecule has 0 atom stereocenters. The lowest BCUT2D eigenvalue weighted by Gasteiger charge is -2.16. The standard InChI is InChI=1S/C4H7Cl.3CH5N/c5-4-2-1-3-4;3*1-2/h4H,1-3H2;3*2H2,1H3. The second-order valence-corrected chi connectivity index (χ2v) is 2.15. The van der Waals surface area contributed by atoms with E-state index in [1.807, 2.05) is 0 Å². The Hall–Kier alpha value is 0.170. The van der Waals surface area contributed by atoms with Crippen LogP contribution in [-0.4, -0.2) is 26.5 Å². The molecule has 0 aromatic rings. The topological polar surface area (TPSA) is 78.1 Å². The van der Waals surface area contributed by atoms with Crippen LogP contribution in [-0.2, 0) is 0 Å². The van der Waals surface area contributed by atoms with Gasteiger partial charge in [0.2, 0.25) is 0 Å². The zero-order chi connectivity index (χ0) is 9.70. The number of halogens is 1. The van der Waals surface area contributed by atoms with Gasteiger partial charge in [0.15, 0.2) is 0 Å². The molecule has 3 nitrogen and oxygen atoms in total. The summed E-state index contributed by atoms with van der Waals surface area (Å²) >= 11 is 5.55. The quantitative estimate of drug-likeness (QED) is 0.479. The smallest absolute Gasteiger partial charge is 0.0336 e. The number of nitrogens with two attached hydrogens (primary N) is 3. The third-order valence-corrected chi connectivity index (χ3v) is 1.47. The molecule has 0 heterocycles. The van der Waals surface area contributed by atoms with Crippen molar-refractivity contribution in [1.29, 1.82) is 0 Å². The van der Waals surface area contributed by atoms with Gasteiger partial charge in [0.05, 0.1) is 0 Å². The highest BCUT2D eigenvalue weighted by Gasteiger charge is 2.11. The third kappa shape index (κ3) is 17.8. The van der Waals surface area contributed by atoms with Crippen molar-refractivity contribution >= 4 is 11.6 Å². The Morgan fingerprint density at radius 3 is 1.09 bits per heavy atom. The van der Waals surface area contributed by atoms with E-state index in [1.54, 1.807) is 0 Å². The fraction of sp³-hybridized carbons (Fsp3) is 1.00. The van der Waals surface area contributed by atoms with Crippen LogP contribution in [0.2, 0.25) is 0 Å². The maximum absolute atomic E-state index is 5.55. The SMILES string of the molecule is CN.CN.CN.ClC1CCC1. The van der Waals surface area contributed by atoms with Crippen molar-refractivity contribution in [1.82, 2.24) is 0 Å². The molecule has 1 aliphatic carbocycles. The first-order valence-electron chi connectivity index (χ1n) is 3.77. The summed E-state index contributed by atoms with van der Waals surface area (Å²) in [6, 6.07) is 0. The van der Waals surface area contributed by atoms with Crippen LogP contribution in [0.25, 0.3) is 0 Å². The lowest BCUT2D eigenvalue weighted by molar-refractivity contribution is 0.514. The second kappa shape index (κ2) is 22.5. The minimum Gasteiger partial charge on any atom is -0.333 e. The van der Waals surface area contributed by atoms with Crippen molar-refractivity contribution in [2.75, 3.05) is 21.1 Å². The molecule has 0 spiro atoms. The molecule has 1 aliphatic rings. The molecule has 0 radical (unpaired) electrons. The molecule has 1 saturated carbocycles. The molecule has 11 heavy (non-hydrogen) atoms. The molecule has 0 aromatic heterocycles. The molecule has 0 amide bonds.